The summed E-state index contributed by atoms with van der Waals surface area (Å²) in [5, 5.41) is 0. The summed E-state index contributed by atoms with van der Waals surface area (Å²) in [6.07, 6.45) is 0. The van der Waals surface area contributed by atoms with Crippen LogP contribution in [0.25, 0.3) is 0 Å². The molecule has 0 aromatic heterocycles. The van der Waals surface area contributed by atoms with E-state index in [4.69, 9.17) is 0 Å². The van der Waals surface area contributed by atoms with Crippen LogP contribution in [0.4, 0.5) is 13.2 Å². The lowest BCUT2D eigenvalue weighted by atomic mass is 10.0. The van der Waals surface area contributed by atoms with E-state index >= 15 is 0 Å². The van der Waals surface area contributed by atoms with Gasteiger partial charge in [-0.05, 0) is 42.8 Å². The van der Waals surface area contributed by atoms with Gasteiger partial charge in [0.15, 0.2) is 5.78 Å². The predicted molar refractivity (Wildman–Crippen MR) is 60.9 cm³/mol. The van der Waals surface area contributed by atoms with Crippen LogP contribution in [0, 0.1) is 24.4 Å². The molecule has 1 nitrogen and oxygen atoms in total. The summed E-state index contributed by atoms with van der Waals surface area (Å²) in [5.41, 5.74) is -0.228. The van der Waals surface area contributed by atoms with E-state index in [1.807, 2.05) is 0 Å². The fraction of sp³-hybridized carbons (Fsp3) is 0.0714. The quantitative estimate of drug-likeness (QED) is 0.743. The van der Waals surface area contributed by atoms with Gasteiger partial charge in [-0.1, -0.05) is 6.07 Å². The maximum absolute atomic E-state index is 13.4. The van der Waals surface area contributed by atoms with Crippen molar-refractivity contribution in [1.29, 1.82) is 0 Å². The lowest BCUT2D eigenvalue weighted by Crippen LogP contribution is -2.08. The molecule has 0 radical (unpaired) electrons. The maximum atomic E-state index is 13.4. The SMILES string of the molecule is Cc1cc(F)cc(C(=O)c2c(F)cccc2F)c1. The zero-order valence-corrected chi connectivity index (χ0v) is 9.51. The topological polar surface area (TPSA) is 17.1 Å². The molecule has 2 aromatic carbocycles. The Morgan fingerprint density at radius 1 is 1.00 bits per heavy atom. The molecule has 0 saturated heterocycles. The first-order valence-corrected chi connectivity index (χ1v) is 5.25. The van der Waals surface area contributed by atoms with Crippen molar-refractivity contribution in [2.75, 3.05) is 0 Å². The van der Waals surface area contributed by atoms with Gasteiger partial charge < -0.3 is 0 Å². The first kappa shape index (κ1) is 12.4. The van der Waals surface area contributed by atoms with Crippen molar-refractivity contribution in [2.24, 2.45) is 0 Å². The molecule has 0 N–H and O–H groups in total. The summed E-state index contributed by atoms with van der Waals surface area (Å²) in [6, 6.07) is 6.72. The third-order valence-corrected chi connectivity index (χ3v) is 2.49. The van der Waals surface area contributed by atoms with Gasteiger partial charge in [-0.3, -0.25) is 4.79 Å². The Morgan fingerprint density at radius 3 is 2.17 bits per heavy atom. The number of hydrogen-bond acceptors (Lipinski definition) is 1. The highest BCUT2D eigenvalue weighted by Crippen LogP contribution is 2.18. The van der Waals surface area contributed by atoms with E-state index in [1.165, 1.54) is 12.1 Å². The standard InChI is InChI=1S/C14H9F3O/c1-8-5-9(7-10(15)6-8)14(18)13-11(16)3-2-4-12(13)17/h2-7H,1H3. The Kier molecular flexibility index (Phi) is 3.19. The number of hydrogen-bond donors (Lipinski definition) is 0. The van der Waals surface area contributed by atoms with Gasteiger partial charge >= 0.3 is 0 Å². The van der Waals surface area contributed by atoms with Gasteiger partial charge in [0.25, 0.3) is 0 Å². The molecule has 0 atom stereocenters. The Labute approximate surface area is 102 Å². The minimum Gasteiger partial charge on any atom is -0.288 e. The van der Waals surface area contributed by atoms with Crippen molar-refractivity contribution in [2.45, 2.75) is 6.92 Å². The molecule has 0 aliphatic heterocycles. The number of halogens is 3. The smallest absolute Gasteiger partial charge is 0.199 e. The predicted octanol–water partition coefficient (Wildman–Crippen LogP) is 3.64. The second-order valence-corrected chi connectivity index (χ2v) is 3.94. The Hall–Kier alpha value is -2.10. The van der Waals surface area contributed by atoms with Crippen LogP contribution in [0.1, 0.15) is 21.5 Å². The molecule has 4 heteroatoms. The molecule has 2 rings (SSSR count). The molecular formula is C14H9F3O. The van der Waals surface area contributed by atoms with E-state index in [1.54, 1.807) is 6.92 Å². The summed E-state index contributed by atoms with van der Waals surface area (Å²) in [5.74, 6) is -3.40. The van der Waals surface area contributed by atoms with Crippen LogP contribution >= 0.6 is 0 Å². The van der Waals surface area contributed by atoms with Crippen LogP contribution in [0.5, 0.6) is 0 Å². The minimum atomic E-state index is -0.957. The fourth-order valence-corrected chi connectivity index (χ4v) is 1.73. The van der Waals surface area contributed by atoms with Crippen LogP contribution in [0.3, 0.4) is 0 Å². The third-order valence-electron chi connectivity index (χ3n) is 2.49. The number of aryl methyl sites for hydroxylation is 1. The molecular weight excluding hydrogens is 241 g/mol. The molecule has 0 fully saturated rings. The lowest BCUT2D eigenvalue weighted by molar-refractivity contribution is 0.103. The third kappa shape index (κ3) is 2.27. The second-order valence-electron chi connectivity index (χ2n) is 3.94. The molecule has 0 aliphatic rings. The number of ketones is 1. The molecule has 0 unspecified atom stereocenters. The zero-order valence-electron chi connectivity index (χ0n) is 9.51. The number of benzene rings is 2. The van der Waals surface area contributed by atoms with Gasteiger partial charge in [0, 0.05) is 5.56 Å². The average molecular weight is 250 g/mol. The van der Waals surface area contributed by atoms with Crippen molar-refractivity contribution in [3.05, 3.63) is 70.5 Å². The maximum Gasteiger partial charge on any atom is 0.199 e. The van der Waals surface area contributed by atoms with E-state index in [9.17, 15) is 18.0 Å². The van der Waals surface area contributed by atoms with E-state index in [-0.39, 0.29) is 5.56 Å². The van der Waals surface area contributed by atoms with E-state index in [2.05, 4.69) is 0 Å². The molecule has 92 valence electrons. The van der Waals surface area contributed by atoms with Crippen molar-refractivity contribution in [3.63, 3.8) is 0 Å². The van der Waals surface area contributed by atoms with E-state index in [0.717, 1.165) is 24.3 Å². The van der Waals surface area contributed by atoms with Gasteiger partial charge in [-0.15, -0.1) is 0 Å². The van der Waals surface area contributed by atoms with Crippen molar-refractivity contribution in [1.82, 2.24) is 0 Å². The van der Waals surface area contributed by atoms with Gasteiger partial charge in [0.1, 0.15) is 17.5 Å². The summed E-state index contributed by atoms with van der Waals surface area (Å²) < 4.78 is 40.0. The van der Waals surface area contributed by atoms with E-state index in [0.29, 0.717) is 5.56 Å². The lowest BCUT2D eigenvalue weighted by Gasteiger charge is -2.05. The molecule has 0 aliphatic carbocycles. The number of carbonyl (C=O) groups is 1. The van der Waals surface area contributed by atoms with Crippen LogP contribution < -0.4 is 0 Å². The second kappa shape index (κ2) is 4.64. The first-order chi connectivity index (χ1) is 8.49. The van der Waals surface area contributed by atoms with Gasteiger partial charge in [0.05, 0.1) is 5.56 Å². The van der Waals surface area contributed by atoms with Gasteiger partial charge in [0.2, 0.25) is 0 Å². The first-order valence-electron chi connectivity index (χ1n) is 5.25. The Morgan fingerprint density at radius 2 is 1.61 bits per heavy atom. The monoisotopic (exact) mass is 250 g/mol. The largest absolute Gasteiger partial charge is 0.288 e. The highest BCUT2D eigenvalue weighted by atomic mass is 19.1. The van der Waals surface area contributed by atoms with Gasteiger partial charge in [-0.25, -0.2) is 13.2 Å². The van der Waals surface area contributed by atoms with Crippen molar-refractivity contribution < 1.29 is 18.0 Å². The molecule has 2 aromatic rings. The summed E-state index contributed by atoms with van der Waals surface area (Å²) in [7, 11) is 0. The van der Waals surface area contributed by atoms with Crippen LogP contribution in [-0.4, -0.2) is 5.78 Å². The normalized spacial score (nSPS) is 10.4. The molecule has 18 heavy (non-hydrogen) atoms. The van der Waals surface area contributed by atoms with Crippen molar-refractivity contribution >= 4 is 5.78 Å². The highest BCUT2D eigenvalue weighted by Gasteiger charge is 2.19. The molecule has 0 amide bonds. The molecule has 0 saturated carbocycles. The summed E-state index contributed by atoms with van der Waals surface area (Å²) in [6.45, 7) is 1.59. The minimum absolute atomic E-state index is 0.0727. The summed E-state index contributed by atoms with van der Waals surface area (Å²) >= 11 is 0. The number of carbonyl (C=O) groups excluding carboxylic acids is 1. The summed E-state index contributed by atoms with van der Waals surface area (Å²) in [4.78, 5) is 11.9. The molecule has 0 bridgehead atoms. The van der Waals surface area contributed by atoms with Gasteiger partial charge in [-0.2, -0.15) is 0 Å². The number of rotatable bonds is 2. The van der Waals surface area contributed by atoms with Crippen LogP contribution in [0.15, 0.2) is 36.4 Å². The van der Waals surface area contributed by atoms with Crippen LogP contribution in [-0.2, 0) is 0 Å². The highest BCUT2D eigenvalue weighted by molar-refractivity contribution is 6.09. The fourth-order valence-electron chi connectivity index (χ4n) is 1.73. The van der Waals surface area contributed by atoms with Crippen LogP contribution in [0.2, 0.25) is 0 Å². The van der Waals surface area contributed by atoms with Crippen molar-refractivity contribution in [3.8, 4) is 0 Å². The van der Waals surface area contributed by atoms with E-state index < -0.39 is 28.8 Å². The zero-order chi connectivity index (χ0) is 13.3. The Bertz CT molecular complexity index is 580. The Balaban J connectivity index is 2.55. The average Bonchev–Trinajstić information content (AvgIpc) is 2.27. The molecule has 0 spiro atoms. The molecule has 0 heterocycles.